The van der Waals surface area contributed by atoms with Gasteiger partial charge in [-0.25, -0.2) is 4.98 Å². The van der Waals surface area contributed by atoms with Crippen molar-refractivity contribution < 1.29 is 9.53 Å². The van der Waals surface area contributed by atoms with Crippen LogP contribution in [0, 0.1) is 0 Å². The number of ether oxygens (including phenoxy) is 1. The summed E-state index contributed by atoms with van der Waals surface area (Å²) < 4.78 is 5.05. The van der Waals surface area contributed by atoms with Crippen LogP contribution in [0.15, 0.2) is 30.7 Å². The van der Waals surface area contributed by atoms with Crippen LogP contribution in [-0.4, -0.2) is 50.0 Å². The Morgan fingerprint density at radius 1 is 1.13 bits per heavy atom. The molecule has 120 valence electrons. The molecule has 2 unspecified atom stereocenters. The van der Waals surface area contributed by atoms with E-state index in [2.05, 4.69) is 15.2 Å². The van der Waals surface area contributed by atoms with Gasteiger partial charge in [-0.15, -0.1) is 0 Å². The molecular weight excluding hydrogens is 294 g/mol. The van der Waals surface area contributed by atoms with E-state index < -0.39 is 0 Å². The van der Waals surface area contributed by atoms with Gasteiger partial charge in [0.05, 0.1) is 31.1 Å². The van der Waals surface area contributed by atoms with Crippen molar-refractivity contribution in [3.63, 3.8) is 0 Å². The standard InChI is InChI=1S/C16H19N5O2/c1-23-15-5-2-11(10-17-15)16(22)20-12-3-4-13(20)9-14(8-12)21-18-6-7-19-21/h2,5-7,10,12-14H,3-4,8-9H2,1H3. The predicted octanol–water partition coefficient (Wildman–Crippen LogP) is 1.69. The molecule has 0 aromatic carbocycles. The summed E-state index contributed by atoms with van der Waals surface area (Å²) >= 11 is 0. The summed E-state index contributed by atoms with van der Waals surface area (Å²) in [7, 11) is 1.57. The van der Waals surface area contributed by atoms with E-state index in [4.69, 9.17) is 4.74 Å². The number of rotatable bonds is 3. The minimum absolute atomic E-state index is 0.0690. The first-order valence-electron chi connectivity index (χ1n) is 7.95. The molecule has 0 radical (unpaired) electrons. The van der Waals surface area contributed by atoms with Crippen LogP contribution in [-0.2, 0) is 0 Å². The first kappa shape index (κ1) is 14.2. The molecule has 4 heterocycles. The highest BCUT2D eigenvalue weighted by atomic mass is 16.5. The number of nitrogens with zero attached hydrogens (tertiary/aromatic N) is 5. The summed E-state index contributed by atoms with van der Waals surface area (Å²) in [6.45, 7) is 0. The molecule has 0 aliphatic carbocycles. The maximum Gasteiger partial charge on any atom is 0.255 e. The Bertz CT molecular complexity index is 671. The molecule has 2 saturated heterocycles. The number of hydrogen-bond acceptors (Lipinski definition) is 5. The number of carbonyl (C=O) groups excluding carboxylic acids is 1. The fraction of sp³-hybridized carbons (Fsp3) is 0.500. The SMILES string of the molecule is COc1ccc(C(=O)N2C3CCC2CC(n2nccn2)C3)cn1. The quantitative estimate of drug-likeness (QED) is 0.862. The van der Waals surface area contributed by atoms with Crippen LogP contribution >= 0.6 is 0 Å². The number of fused-ring (bicyclic) bond motifs is 2. The van der Waals surface area contributed by atoms with Crippen LogP contribution in [0.1, 0.15) is 42.1 Å². The fourth-order valence-corrected chi connectivity index (χ4v) is 3.86. The molecule has 23 heavy (non-hydrogen) atoms. The normalized spacial score (nSPS) is 26.3. The second kappa shape index (κ2) is 5.64. The Labute approximate surface area is 134 Å². The summed E-state index contributed by atoms with van der Waals surface area (Å²) in [6, 6.07) is 4.34. The highest BCUT2D eigenvalue weighted by Crippen LogP contribution is 2.41. The number of pyridine rings is 1. The molecule has 2 fully saturated rings. The summed E-state index contributed by atoms with van der Waals surface area (Å²) in [5.74, 6) is 0.590. The van der Waals surface area contributed by atoms with E-state index in [1.807, 2.05) is 4.90 Å². The number of hydrogen-bond donors (Lipinski definition) is 0. The lowest BCUT2D eigenvalue weighted by atomic mass is 9.97. The highest BCUT2D eigenvalue weighted by Gasteiger charge is 2.44. The molecule has 1 amide bonds. The van der Waals surface area contributed by atoms with Gasteiger partial charge in [0, 0.05) is 24.3 Å². The second-order valence-corrected chi connectivity index (χ2v) is 6.16. The number of aromatic nitrogens is 4. The number of piperidine rings is 1. The largest absolute Gasteiger partial charge is 0.481 e. The average molecular weight is 313 g/mol. The molecule has 2 bridgehead atoms. The molecule has 7 heteroatoms. The third kappa shape index (κ3) is 2.46. The van der Waals surface area contributed by atoms with Crippen molar-refractivity contribution in [2.75, 3.05) is 7.11 Å². The molecule has 2 aliphatic heterocycles. The number of carbonyl (C=O) groups is 1. The van der Waals surface area contributed by atoms with Gasteiger partial charge in [0.25, 0.3) is 5.91 Å². The molecule has 4 rings (SSSR count). The highest BCUT2D eigenvalue weighted by molar-refractivity contribution is 5.94. The topological polar surface area (TPSA) is 73.1 Å². The first-order valence-corrected chi connectivity index (χ1v) is 7.95. The molecule has 0 saturated carbocycles. The summed E-state index contributed by atoms with van der Waals surface area (Å²) in [5.41, 5.74) is 0.623. The molecule has 2 aromatic rings. The zero-order chi connectivity index (χ0) is 15.8. The van der Waals surface area contributed by atoms with E-state index in [-0.39, 0.29) is 18.0 Å². The zero-order valence-electron chi connectivity index (χ0n) is 13.0. The van der Waals surface area contributed by atoms with Gasteiger partial charge in [0.1, 0.15) is 0 Å². The van der Waals surface area contributed by atoms with Crippen LogP contribution in [0.5, 0.6) is 5.88 Å². The van der Waals surface area contributed by atoms with E-state index in [9.17, 15) is 4.79 Å². The van der Waals surface area contributed by atoms with E-state index in [1.165, 1.54) is 0 Å². The van der Waals surface area contributed by atoms with Crippen molar-refractivity contribution in [3.05, 3.63) is 36.3 Å². The number of methoxy groups -OCH3 is 1. The Morgan fingerprint density at radius 3 is 2.39 bits per heavy atom. The van der Waals surface area contributed by atoms with Crippen LogP contribution in [0.25, 0.3) is 0 Å². The van der Waals surface area contributed by atoms with Crippen LogP contribution < -0.4 is 4.74 Å². The van der Waals surface area contributed by atoms with Crippen LogP contribution in [0.3, 0.4) is 0 Å². The second-order valence-electron chi connectivity index (χ2n) is 6.16. The predicted molar refractivity (Wildman–Crippen MR) is 82.1 cm³/mol. The van der Waals surface area contributed by atoms with E-state index >= 15 is 0 Å². The Kier molecular flexibility index (Phi) is 3.48. The Balaban J connectivity index is 1.53. The van der Waals surface area contributed by atoms with Crippen molar-refractivity contribution >= 4 is 5.91 Å². The van der Waals surface area contributed by atoms with E-state index in [1.54, 1.807) is 42.6 Å². The molecule has 2 aliphatic rings. The van der Waals surface area contributed by atoms with Gasteiger partial charge in [-0.2, -0.15) is 15.0 Å². The first-order chi connectivity index (χ1) is 11.3. The summed E-state index contributed by atoms with van der Waals surface area (Å²) in [5, 5.41) is 8.52. The maximum atomic E-state index is 12.9. The molecule has 2 atom stereocenters. The molecular formula is C16H19N5O2. The molecule has 2 aromatic heterocycles. The summed E-state index contributed by atoms with van der Waals surface area (Å²) in [4.78, 5) is 20.8. The van der Waals surface area contributed by atoms with Gasteiger partial charge in [0.2, 0.25) is 5.88 Å². The Hall–Kier alpha value is -2.44. The lowest BCUT2D eigenvalue weighted by molar-refractivity contribution is 0.0511. The van der Waals surface area contributed by atoms with E-state index in [0.717, 1.165) is 25.7 Å². The Morgan fingerprint density at radius 2 is 1.83 bits per heavy atom. The van der Waals surface area contributed by atoms with Crippen LogP contribution in [0.2, 0.25) is 0 Å². The van der Waals surface area contributed by atoms with Gasteiger partial charge in [0.15, 0.2) is 0 Å². The van der Waals surface area contributed by atoms with Gasteiger partial charge in [-0.05, 0) is 31.7 Å². The van der Waals surface area contributed by atoms with Crippen molar-refractivity contribution in [3.8, 4) is 5.88 Å². The smallest absolute Gasteiger partial charge is 0.255 e. The minimum atomic E-state index is 0.0690. The van der Waals surface area contributed by atoms with Gasteiger partial charge < -0.3 is 9.64 Å². The van der Waals surface area contributed by atoms with Crippen LogP contribution in [0.4, 0.5) is 0 Å². The zero-order valence-corrected chi connectivity index (χ0v) is 13.0. The van der Waals surface area contributed by atoms with Gasteiger partial charge >= 0.3 is 0 Å². The molecule has 0 spiro atoms. The van der Waals surface area contributed by atoms with Crippen molar-refractivity contribution in [2.24, 2.45) is 0 Å². The third-order valence-electron chi connectivity index (χ3n) is 4.90. The van der Waals surface area contributed by atoms with Crippen molar-refractivity contribution in [1.29, 1.82) is 0 Å². The lowest BCUT2D eigenvalue weighted by Crippen LogP contribution is -2.47. The summed E-state index contributed by atoms with van der Waals surface area (Å²) in [6.07, 6.45) is 8.96. The van der Waals surface area contributed by atoms with Gasteiger partial charge in [-0.1, -0.05) is 0 Å². The minimum Gasteiger partial charge on any atom is -0.481 e. The number of amides is 1. The van der Waals surface area contributed by atoms with Crippen molar-refractivity contribution in [1.82, 2.24) is 24.9 Å². The monoisotopic (exact) mass is 313 g/mol. The van der Waals surface area contributed by atoms with E-state index in [0.29, 0.717) is 17.5 Å². The maximum absolute atomic E-state index is 12.9. The van der Waals surface area contributed by atoms with Gasteiger partial charge in [-0.3, -0.25) is 4.79 Å². The lowest BCUT2D eigenvalue weighted by Gasteiger charge is -2.38. The third-order valence-corrected chi connectivity index (χ3v) is 4.90. The molecule has 7 nitrogen and oxygen atoms in total. The molecule has 0 N–H and O–H groups in total. The van der Waals surface area contributed by atoms with Crippen molar-refractivity contribution in [2.45, 2.75) is 43.8 Å². The fourth-order valence-electron chi connectivity index (χ4n) is 3.86. The average Bonchev–Trinajstić information content (AvgIpc) is 3.21.